The molecular weight excluding hydrogens is 334 g/mol. The Bertz CT molecular complexity index is 761. The monoisotopic (exact) mass is 356 g/mol. The highest BCUT2D eigenvalue weighted by Crippen LogP contribution is 2.18. The van der Waals surface area contributed by atoms with Crippen LogP contribution < -0.4 is 10.1 Å². The van der Waals surface area contributed by atoms with Gasteiger partial charge < -0.3 is 10.1 Å². The summed E-state index contributed by atoms with van der Waals surface area (Å²) in [4.78, 5) is 0. The second-order valence-corrected chi connectivity index (χ2v) is 6.60. The van der Waals surface area contributed by atoms with Gasteiger partial charge in [-0.05, 0) is 46.8 Å². The number of benzene rings is 2. The number of nitrogens with two attached hydrogens (primary N) is 1. The summed E-state index contributed by atoms with van der Waals surface area (Å²) in [5.74, 6) is 1.89. The molecule has 7 heteroatoms. The zero-order valence-corrected chi connectivity index (χ0v) is 15.0. The van der Waals surface area contributed by atoms with E-state index in [1.165, 1.54) is 5.56 Å². The minimum Gasteiger partial charge on any atom is -0.497 e. The van der Waals surface area contributed by atoms with Crippen LogP contribution in [0, 0.1) is 0 Å². The van der Waals surface area contributed by atoms with E-state index in [2.05, 4.69) is 33.0 Å². The van der Waals surface area contributed by atoms with Crippen molar-refractivity contribution in [2.24, 2.45) is 0 Å². The summed E-state index contributed by atoms with van der Waals surface area (Å²) in [6.45, 7) is 2.06. The third kappa shape index (κ3) is 5.04. The Balaban J connectivity index is 1.38. The second kappa shape index (κ2) is 9.19. The SMILES string of the molecule is COc1ccc(C[NH2+]CCCSc2nnnn2-c2ccccc2)cc1. The van der Waals surface area contributed by atoms with E-state index >= 15 is 0 Å². The summed E-state index contributed by atoms with van der Waals surface area (Å²) < 4.78 is 6.96. The van der Waals surface area contributed by atoms with Crippen molar-refractivity contribution >= 4 is 11.8 Å². The first-order chi connectivity index (χ1) is 12.4. The molecule has 0 unspecified atom stereocenters. The van der Waals surface area contributed by atoms with Crippen LogP contribution in [-0.2, 0) is 6.54 Å². The molecule has 0 aliphatic heterocycles. The fraction of sp³-hybridized carbons (Fsp3) is 0.278. The molecule has 0 atom stereocenters. The van der Waals surface area contributed by atoms with Crippen molar-refractivity contribution in [2.45, 2.75) is 18.1 Å². The number of tetrazole rings is 1. The van der Waals surface area contributed by atoms with Gasteiger partial charge in [-0.2, -0.15) is 4.68 Å². The number of hydrogen-bond acceptors (Lipinski definition) is 5. The zero-order valence-electron chi connectivity index (χ0n) is 14.2. The molecule has 0 spiro atoms. The molecule has 0 fully saturated rings. The molecule has 0 radical (unpaired) electrons. The van der Waals surface area contributed by atoms with Crippen LogP contribution in [0.5, 0.6) is 5.75 Å². The molecule has 130 valence electrons. The van der Waals surface area contributed by atoms with E-state index in [9.17, 15) is 0 Å². The molecule has 1 aromatic heterocycles. The van der Waals surface area contributed by atoms with Gasteiger partial charge >= 0.3 is 0 Å². The lowest BCUT2D eigenvalue weighted by Gasteiger charge is -2.05. The molecule has 2 aromatic carbocycles. The van der Waals surface area contributed by atoms with Gasteiger partial charge in [-0.25, -0.2) is 0 Å². The Kier molecular flexibility index (Phi) is 6.42. The number of nitrogens with zero attached hydrogens (tertiary/aromatic N) is 4. The van der Waals surface area contributed by atoms with Crippen LogP contribution in [0.2, 0.25) is 0 Å². The fourth-order valence-electron chi connectivity index (χ4n) is 2.42. The number of quaternary nitrogens is 1. The molecule has 3 aromatic rings. The molecule has 0 aliphatic rings. The lowest BCUT2D eigenvalue weighted by Crippen LogP contribution is -2.82. The topological polar surface area (TPSA) is 69.4 Å². The molecule has 25 heavy (non-hydrogen) atoms. The van der Waals surface area contributed by atoms with Crippen molar-refractivity contribution in [1.29, 1.82) is 0 Å². The van der Waals surface area contributed by atoms with Gasteiger partial charge in [-0.3, -0.25) is 0 Å². The van der Waals surface area contributed by atoms with Crippen LogP contribution in [0.15, 0.2) is 59.8 Å². The van der Waals surface area contributed by atoms with E-state index in [-0.39, 0.29) is 0 Å². The predicted octanol–water partition coefficient (Wildman–Crippen LogP) is 1.92. The van der Waals surface area contributed by atoms with Crippen molar-refractivity contribution in [2.75, 3.05) is 19.4 Å². The minimum absolute atomic E-state index is 0.835. The minimum atomic E-state index is 0.835. The van der Waals surface area contributed by atoms with E-state index in [0.717, 1.165) is 41.9 Å². The molecule has 3 rings (SSSR count). The first-order valence-electron chi connectivity index (χ1n) is 8.28. The van der Waals surface area contributed by atoms with Crippen molar-refractivity contribution in [1.82, 2.24) is 20.2 Å². The number of rotatable bonds is 9. The van der Waals surface area contributed by atoms with Gasteiger partial charge in [0.05, 0.1) is 19.3 Å². The lowest BCUT2D eigenvalue weighted by atomic mass is 10.2. The largest absolute Gasteiger partial charge is 0.497 e. The third-order valence-electron chi connectivity index (χ3n) is 3.76. The van der Waals surface area contributed by atoms with Crippen LogP contribution in [0.3, 0.4) is 0 Å². The molecule has 0 aliphatic carbocycles. The quantitative estimate of drug-likeness (QED) is 0.469. The van der Waals surface area contributed by atoms with E-state index in [1.807, 2.05) is 42.5 Å². The predicted molar refractivity (Wildman–Crippen MR) is 98.0 cm³/mol. The highest BCUT2D eigenvalue weighted by Gasteiger charge is 2.08. The maximum Gasteiger partial charge on any atom is 0.214 e. The molecule has 1 heterocycles. The zero-order chi connectivity index (χ0) is 17.3. The highest BCUT2D eigenvalue weighted by atomic mass is 32.2. The fourth-order valence-corrected chi connectivity index (χ4v) is 3.27. The molecule has 6 nitrogen and oxygen atoms in total. The van der Waals surface area contributed by atoms with Crippen LogP contribution in [0.4, 0.5) is 0 Å². The summed E-state index contributed by atoms with van der Waals surface area (Å²) in [7, 11) is 1.69. The molecule has 2 N–H and O–H groups in total. The number of para-hydroxylation sites is 1. The van der Waals surface area contributed by atoms with Crippen LogP contribution in [0.1, 0.15) is 12.0 Å². The van der Waals surface area contributed by atoms with Crippen LogP contribution in [0.25, 0.3) is 5.69 Å². The number of methoxy groups -OCH3 is 1. The number of ether oxygens (including phenoxy) is 1. The van der Waals surface area contributed by atoms with Gasteiger partial charge in [0.1, 0.15) is 12.3 Å². The van der Waals surface area contributed by atoms with Gasteiger partial charge in [0.25, 0.3) is 0 Å². The van der Waals surface area contributed by atoms with Crippen molar-refractivity contribution in [3.8, 4) is 11.4 Å². The van der Waals surface area contributed by atoms with Gasteiger partial charge in [-0.1, -0.05) is 30.0 Å². The maximum atomic E-state index is 5.17. The van der Waals surface area contributed by atoms with Gasteiger partial charge in [0, 0.05) is 17.7 Å². The first-order valence-corrected chi connectivity index (χ1v) is 9.26. The van der Waals surface area contributed by atoms with Crippen molar-refractivity contribution < 1.29 is 10.1 Å². The lowest BCUT2D eigenvalue weighted by molar-refractivity contribution is -0.670. The second-order valence-electron chi connectivity index (χ2n) is 5.54. The van der Waals surface area contributed by atoms with E-state index in [1.54, 1.807) is 23.6 Å². The molecular formula is C18H22N5OS+. The Hall–Kier alpha value is -2.38. The van der Waals surface area contributed by atoms with Crippen LogP contribution in [-0.4, -0.2) is 39.6 Å². The molecule has 0 bridgehead atoms. The summed E-state index contributed by atoms with van der Waals surface area (Å²) in [6.07, 6.45) is 1.10. The smallest absolute Gasteiger partial charge is 0.214 e. The standard InChI is InChI=1S/C18H21N5OS/c1-24-17-10-8-15(9-11-17)14-19-12-5-13-25-18-20-21-22-23(18)16-6-3-2-4-7-16/h2-4,6-11,19H,5,12-14H2,1H3/p+1. The molecule has 0 saturated carbocycles. The molecule has 0 amide bonds. The average molecular weight is 356 g/mol. The Morgan fingerprint density at radius 3 is 2.64 bits per heavy atom. The first kappa shape index (κ1) is 17.4. The van der Waals surface area contributed by atoms with Gasteiger partial charge in [0.15, 0.2) is 0 Å². The van der Waals surface area contributed by atoms with Crippen molar-refractivity contribution in [3.05, 3.63) is 60.2 Å². The van der Waals surface area contributed by atoms with E-state index in [4.69, 9.17) is 4.74 Å². The summed E-state index contributed by atoms with van der Waals surface area (Å²) in [5, 5.41) is 15.1. The Labute approximate surface area is 151 Å². The Morgan fingerprint density at radius 2 is 1.88 bits per heavy atom. The summed E-state index contributed by atoms with van der Waals surface area (Å²) in [6, 6.07) is 18.2. The number of thioether (sulfide) groups is 1. The summed E-state index contributed by atoms with van der Waals surface area (Å²) in [5.41, 5.74) is 2.29. The van der Waals surface area contributed by atoms with E-state index < -0.39 is 0 Å². The van der Waals surface area contributed by atoms with Gasteiger partial charge in [0.2, 0.25) is 5.16 Å². The summed E-state index contributed by atoms with van der Waals surface area (Å²) >= 11 is 1.69. The average Bonchev–Trinajstić information content (AvgIpc) is 3.14. The number of aromatic nitrogens is 4. The maximum absolute atomic E-state index is 5.17. The number of hydrogen-bond donors (Lipinski definition) is 1. The normalized spacial score (nSPS) is 10.8. The van der Waals surface area contributed by atoms with Gasteiger partial charge in [-0.15, -0.1) is 5.10 Å². The highest BCUT2D eigenvalue weighted by molar-refractivity contribution is 7.99. The Morgan fingerprint density at radius 1 is 1.08 bits per heavy atom. The molecule has 0 saturated heterocycles. The third-order valence-corrected chi connectivity index (χ3v) is 4.77. The van der Waals surface area contributed by atoms with E-state index in [0.29, 0.717) is 0 Å². The van der Waals surface area contributed by atoms with Crippen LogP contribution >= 0.6 is 11.8 Å². The van der Waals surface area contributed by atoms with Crippen molar-refractivity contribution in [3.63, 3.8) is 0 Å².